The normalized spacial score (nSPS) is 20.7. The van der Waals surface area contributed by atoms with Gasteiger partial charge in [0.25, 0.3) is 0 Å². The molecule has 0 aromatic carbocycles. The molecule has 1 unspecified atom stereocenters. The lowest BCUT2D eigenvalue weighted by molar-refractivity contribution is -0.128. The van der Waals surface area contributed by atoms with Gasteiger partial charge in [0, 0.05) is 0 Å². The summed E-state index contributed by atoms with van der Waals surface area (Å²) in [6, 6.07) is 0.827. The molecular formula is C7H7N3O3. The molecule has 6 nitrogen and oxygen atoms in total. The Labute approximate surface area is 73.9 Å². The Morgan fingerprint density at radius 2 is 2.38 bits per heavy atom. The smallest absolute Gasteiger partial charge is 0.249 e. The van der Waals surface area contributed by atoms with Crippen LogP contribution in [0.2, 0.25) is 0 Å². The Balaban J connectivity index is 2.47. The predicted molar refractivity (Wildman–Crippen MR) is 39.9 cm³/mol. The average molecular weight is 181 g/mol. The second kappa shape index (κ2) is 3.67. The summed E-state index contributed by atoms with van der Waals surface area (Å²) in [7, 11) is 0. The van der Waals surface area contributed by atoms with Crippen LogP contribution in [0.3, 0.4) is 0 Å². The maximum absolute atomic E-state index is 10.9. The maximum atomic E-state index is 10.9. The highest BCUT2D eigenvalue weighted by Crippen LogP contribution is 2.00. The lowest BCUT2D eigenvalue weighted by Gasteiger charge is -2.05. The minimum atomic E-state index is -0.812. The van der Waals surface area contributed by atoms with E-state index in [9.17, 15) is 14.4 Å². The van der Waals surface area contributed by atoms with E-state index in [0.29, 0.717) is 0 Å². The fraction of sp³-hybridized carbons (Fsp3) is 0.429. The van der Waals surface area contributed by atoms with Crippen LogP contribution >= 0.6 is 0 Å². The van der Waals surface area contributed by atoms with Crippen LogP contribution in [-0.4, -0.2) is 23.8 Å². The molecule has 2 N–H and O–H groups in total. The summed E-state index contributed by atoms with van der Waals surface area (Å²) < 4.78 is 0. The van der Waals surface area contributed by atoms with E-state index in [0.717, 1.165) is 0 Å². The van der Waals surface area contributed by atoms with Crippen molar-refractivity contribution >= 4 is 17.7 Å². The molecule has 1 aliphatic rings. The number of hydrogen-bond donors (Lipinski definition) is 2. The van der Waals surface area contributed by atoms with Gasteiger partial charge in [-0.2, -0.15) is 5.26 Å². The van der Waals surface area contributed by atoms with Gasteiger partial charge in [-0.25, -0.2) is 0 Å². The molecule has 13 heavy (non-hydrogen) atoms. The molecule has 0 aromatic heterocycles. The zero-order valence-electron chi connectivity index (χ0n) is 6.66. The van der Waals surface area contributed by atoms with Gasteiger partial charge in [-0.3, -0.25) is 19.7 Å². The van der Waals surface area contributed by atoms with Gasteiger partial charge in [-0.05, 0) is 0 Å². The quantitative estimate of drug-likeness (QED) is 0.503. The van der Waals surface area contributed by atoms with Crippen molar-refractivity contribution in [2.45, 2.75) is 18.9 Å². The van der Waals surface area contributed by atoms with Crippen LogP contribution in [0, 0.1) is 11.3 Å². The third-order valence-corrected chi connectivity index (χ3v) is 1.54. The van der Waals surface area contributed by atoms with Crippen molar-refractivity contribution < 1.29 is 14.4 Å². The van der Waals surface area contributed by atoms with E-state index in [-0.39, 0.29) is 12.8 Å². The molecule has 0 aliphatic carbocycles. The number of rotatable bonds is 2. The van der Waals surface area contributed by atoms with Gasteiger partial charge in [0.05, 0.1) is 12.5 Å². The minimum Gasteiger partial charge on any atom is -0.343 e. The zero-order valence-corrected chi connectivity index (χ0v) is 6.66. The van der Waals surface area contributed by atoms with Crippen molar-refractivity contribution in [3.63, 3.8) is 0 Å². The summed E-state index contributed by atoms with van der Waals surface area (Å²) in [5.74, 6) is -1.47. The number of amides is 3. The fourth-order valence-corrected chi connectivity index (χ4v) is 0.987. The van der Waals surface area contributed by atoms with E-state index in [4.69, 9.17) is 5.26 Å². The molecule has 68 valence electrons. The largest absolute Gasteiger partial charge is 0.343 e. The summed E-state index contributed by atoms with van der Waals surface area (Å²) in [5, 5.41) is 12.5. The third-order valence-electron chi connectivity index (χ3n) is 1.54. The molecule has 1 aliphatic heterocycles. The Hall–Kier alpha value is -1.90. The van der Waals surface area contributed by atoms with Crippen molar-refractivity contribution in [1.82, 2.24) is 10.6 Å². The van der Waals surface area contributed by atoms with Crippen LogP contribution in [0.1, 0.15) is 12.8 Å². The zero-order chi connectivity index (χ0) is 9.84. The Morgan fingerprint density at radius 1 is 1.69 bits per heavy atom. The average Bonchev–Trinajstić information content (AvgIpc) is 2.30. The van der Waals surface area contributed by atoms with Crippen LogP contribution in [0.5, 0.6) is 0 Å². The van der Waals surface area contributed by atoms with Gasteiger partial charge in [-0.1, -0.05) is 0 Å². The number of carbonyl (C=O) groups is 3. The first kappa shape index (κ1) is 9.19. The van der Waals surface area contributed by atoms with Crippen molar-refractivity contribution in [3.05, 3.63) is 0 Å². The Kier molecular flexibility index (Phi) is 2.59. The number of hydrogen-bond acceptors (Lipinski definition) is 4. The number of nitrogens with one attached hydrogen (secondary N) is 2. The molecule has 0 radical (unpaired) electrons. The SMILES string of the molecule is N#CCC(=O)NC1CC(=O)NC1=O. The Morgan fingerprint density at radius 3 is 2.85 bits per heavy atom. The van der Waals surface area contributed by atoms with E-state index >= 15 is 0 Å². The number of imide groups is 1. The summed E-state index contributed by atoms with van der Waals surface area (Å²) in [5.41, 5.74) is 0. The highest BCUT2D eigenvalue weighted by molar-refractivity contribution is 6.06. The second-order valence-electron chi connectivity index (χ2n) is 2.57. The van der Waals surface area contributed by atoms with Crippen LogP contribution in [0.25, 0.3) is 0 Å². The van der Waals surface area contributed by atoms with Gasteiger partial charge < -0.3 is 5.32 Å². The highest BCUT2D eigenvalue weighted by atomic mass is 16.2. The third kappa shape index (κ3) is 2.27. The fourth-order valence-electron chi connectivity index (χ4n) is 0.987. The molecule has 1 atom stereocenters. The standard InChI is InChI=1S/C7H7N3O3/c8-2-1-5(11)9-4-3-6(12)10-7(4)13/h4H,1,3H2,(H,9,11)(H,10,12,13). The molecular weight excluding hydrogens is 174 g/mol. The lowest BCUT2D eigenvalue weighted by atomic mass is 10.2. The molecule has 0 bridgehead atoms. The van der Waals surface area contributed by atoms with Crippen LogP contribution in [-0.2, 0) is 14.4 Å². The Bertz CT molecular complexity index is 305. The first-order valence-electron chi connectivity index (χ1n) is 3.63. The van der Waals surface area contributed by atoms with E-state index in [2.05, 4.69) is 5.32 Å². The summed E-state index contributed by atoms with van der Waals surface area (Å²) in [6.45, 7) is 0. The topological polar surface area (TPSA) is 99.1 Å². The van der Waals surface area contributed by atoms with Crippen molar-refractivity contribution in [3.8, 4) is 6.07 Å². The van der Waals surface area contributed by atoms with Crippen molar-refractivity contribution in [2.75, 3.05) is 0 Å². The molecule has 1 heterocycles. The maximum Gasteiger partial charge on any atom is 0.249 e. The number of carbonyl (C=O) groups excluding carboxylic acids is 3. The van der Waals surface area contributed by atoms with E-state index in [1.54, 1.807) is 6.07 Å². The van der Waals surface area contributed by atoms with Crippen molar-refractivity contribution in [2.24, 2.45) is 0 Å². The van der Waals surface area contributed by atoms with Crippen molar-refractivity contribution in [1.29, 1.82) is 5.26 Å². The predicted octanol–water partition coefficient (Wildman–Crippen LogP) is -1.57. The molecule has 0 spiro atoms. The van der Waals surface area contributed by atoms with Crippen LogP contribution < -0.4 is 10.6 Å². The lowest BCUT2D eigenvalue weighted by Crippen LogP contribution is -2.39. The van der Waals surface area contributed by atoms with Gasteiger partial charge in [0.1, 0.15) is 12.5 Å². The second-order valence-corrected chi connectivity index (χ2v) is 2.57. The van der Waals surface area contributed by atoms with E-state index in [1.165, 1.54) is 0 Å². The first-order valence-corrected chi connectivity index (χ1v) is 3.63. The van der Waals surface area contributed by atoms with Gasteiger partial charge >= 0.3 is 0 Å². The van der Waals surface area contributed by atoms with Gasteiger partial charge in [-0.15, -0.1) is 0 Å². The van der Waals surface area contributed by atoms with E-state index in [1.807, 2.05) is 5.32 Å². The first-order chi connectivity index (χ1) is 6.13. The summed E-state index contributed by atoms with van der Waals surface area (Å²) in [4.78, 5) is 32.4. The van der Waals surface area contributed by atoms with Crippen LogP contribution in [0.15, 0.2) is 0 Å². The molecule has 0 aromatic rings. The number of nitrogens with zero attached hydrogens (tertiary/aromatic N) is 1. The molecule has 6 heteroatoms. The van der Waals surface area contributed by atoms with Gasteiger partial charge in [0.2, 0.25) is 17.7 Å². The molecule has 1 saturated heterocycles. The summed E-state index contributed by atoms with van der Waals surface area (Å²) >= 11 is 0. The molecule has 1 fully saturated rings. The van der Waals surface area contributed by atoms with Gasteiger partial charge in [0.15, 0.2) is 0 Å². The molecule has 1 rings (SSSR count). The van der Waals surface area contributed by atoms with E-state index < -0.39 is 23.8 Å². The highest BCUT2D eigenvalue weighted by Gasteiger charge is 2.31. The molecule has 0 saturated carbocycles. The molecule has 3 amide bonds. The summed E-state index contributed by atoms with van der Waals surface area (Å²) in [6.07, 6.45) is -0.353. The number of nitriles is 1. The minimum absolute atomic E-state index is 0.0456. The van der Waals surface area contributed by atoms with Crippen LogP contribution in [0.4, 0.5) is 0 Å². The monoisotopic (exact) mass is 181 g/mol.